The van der Waals surface area contributed by atoms with Crippen LogP contribution >= 0.6 is 0 Å². The van der Waals surface area contributed by atoms with E-state index in [0.717, 1.165) is 38.5 Å². The van der Waals surface area contributed by atoms with Crippen LogP contribution in [0, 0.1) is 28.1 Å². The van der Waals surface area contributed by atoms with Gasteiger partial charge in [0.05, 0.1) is 13.2 Å². The largest absolute Gasteiger partial charge is 0.465 e. The average Bonchev–Trinajstić information content (AvgIpc) is 2.58. The van der Waals surface area contributed by atoms with Crippen LogP contribution in [0.15, 0.2) is 11.6 Å². The van der Waals surface area contributed by atoms with Crippen LogP contribution in [0.25, 0.3) is 0 Å². The molecule has 3 aliphatic carbocycles. The lowest BCUT2D eigenvalue weighted by Gasteiger charge is -2.61. The van der Waals surface area contributed by atoms with Crippen LogP contribution in [-0.2, 0) is 19.1 Å². The molecule has 2 saturated carbocycles. The third kappa shape index (κ3) is 3.87. The Morgan fingerprint density at radius 3 is 2.46 bits per heavy atom. The Balaban J connectivity index is 1.95. The van der Waals surface area contributed by atoms with E-state index >= 15 is 0 Å². The summed E-state index contributed by atoms with van der Waals surface area (Å²) < 4.78 is 11.2. The first-order valence-electron chi connectivity index (χ1n) is 10.6. The van der Waals surface area contributed by atoms with Crippen LogP contribution in [-0.4, -0.2) is 36.4 Å². The number of carbonyl (C=O) groups excluding carboxylic acids is 2. The summed E-state index contributed by atoms with van der Waals surface area (Å²) in [6.07, 6.45) is 7.86. The quantitative estimate of drug-likeness (QED) is 0.578. The fourth-order valence-electron chi connectivity index (χ4n) is 6.69. The summed E-state index contributed by atoms with van der Waals surface area (Å²) in [5.41, 5.74) is 1.12. The summed E-state index contributed by atoms with van der Waals surface area (Å²) in [5.74, 6) is 0.336. The molecule has 0 amide bonds. The fraction of sp³-hybridized carbons (Fsp3) is 0.826. The summed E-state index contributed by atoms with van der Waals surface area (Å²) in [5, 5.41) is 9.83. The molecule has 0 unspecified atom stereocenters. The zero-order chi connectivity index (χ0) is 20.7. The van der Waals surface area contributed by atoms with Gasteiger partial charge >= 0.3 is 11.9 Å². The SMILES string of the molecule is CC(=O)OC[C@]1(C)C[C@@H](OC(C)=O)C[C@@]2(C)[C@@H]3CC[C@](C)(CO)C=C3CC[C@H]12. The molecular formula is C23H36O5. The number of aliphatic hydroxyl groups is 1. The number of hydrogen-bond donors (Lipinski definition) is 1. The van der Waals surface area contributed by atoms with Crippen LogP contribution in [0.4, 0.5) is 0 Å². The molecule has 0 aromatic heterocycles. The monoisotopic (exact) mass is 392 g/mol. The second-order valence-electron chi connectivity index (χ2n) is 10.3. The van der Waals surface area contributed by atoms with Gasteiger partial charge in [-0.3, -0.25) is 9.59 Å². The number of carbonyl (C=O) groups is 2. The summed E-state index contributed by atoms with van der Waals surface area (Å²) in [6.45, 7) is 10.2. The van der Waals surface area contributed by atoms with Crippen LogP contribution in [0.3, 0.4) is 0 Å². The number of esters is 2. The summed E-state index contributed by atoms with van der Waals surface area (Å²) in [4.78, 5) is 23.2. The Kier molecular flexibility index (Phi) is 5.70. The highest BCUT2D eigenvalue weighted by Gasteiger charge is 2.59. The van der Waals surface area contributed by atoms with Gasteiger partial charge in [-0.15, -0.1) is 0 Å². The maximum atomic E-state index is 11.7. The van der Waals surface area contributed by atoms with Gasteiger partial charge in [0, 0.05) is 24.7 Å². The molecule has 0 radical (unpaired) electrons. The van der Waals surface area contributed by atoms with Gasteiger partial charge in [-0.2, -0.15) is 0 Å². The van der Waals surface area contributed by atoms with E-state index in [4.69, 9.17) is 9.47 Å². The van der Waals surface area contributed by atoms with Gasteiger partial charge < -0.3 is 14.6 Å². The Labute approximate surface area is 168 Å². The van der Waals surface area contributed by atoms with Gasteiger partial charge in [0.2, 0.25) is 0 Å². The molecule has 0 aliphatic heterocycles. The van der Waals surface area contributed by atoms with E-state index in [2.05, 4.69) is 26.8 Å². The van der Waals surface area contributed by atoms with Crippen molar-refractivity contribution < 1.29 is 24.2 Å². The van der Waals surface area contributed by atoms with E-state index in [0.29, 0.717) is 18.4 Å². The lowest BCUT2D eigenvalue weighted by molar-refractivity contribution is -0.177. The molecule has 0 bridgehead atoms. The van der Waals surface area contributed by atoms with Crippen molar-refractivity contribution in [2.45, 2.75) is 79.2 Å². The molecule has 0 aromatic carbocycles. The van der Waals surface area contributed by atoms with Crippen molar-refractivity contribution in [3.05, 3.63) is 11.6 Å². The zero-order valence-corrected chi connectivity index (χ0v) is 18.0. The van der Waals surface area contributed by atoms with Crippen molar-refractivity contribution in [3.8, 4) is 0 Å². The van der Waals surface area contributed by atoms with E-state index in [-0.39, 0.29) is 40.9 Å². The topological polar surface area (TPSA) is 72.8 Å². The first kappa shape index (κ1) is 21.4. The van der Waals surface area contributed by atoms with Crippen LogP contribution in [0.1, 0.15) is 73.1 Å². The number of rotatable bonds is 4. The van der Waals surface area contributed by atoms with E-state index in [1.807, 2.05) is 0 Å². The average molecular weight is 393 g/mol. The molecule has 0 aromatic rings. The minimum absolute atomic E-state index is 0.00582. The number of aliphatic hydroxyl groups excluding tert-OH is 1. The van der Waals surface area contributed by atoms with Gasteiger partial charge in [-0.05, 0) is 55.8 Å². The third-order valence-corrected chi connectivity index (χ3v) is 7.80. The van der Waals surface area contributed by atoms with Crippen molar-refractivity contribution in [2.24, 2.45) is 28.1 Å². The Hall–Kier alpha value is -1.36. The predicted octanol–water partition coefficient (Wildman–Crippen LogP) is 4.03. The molecule has 0 spiro atoms. The van der Waals surface area contributed by atoms with E-state index in [1.165, 1.54) is 19.4 Å². The smallest absolute Gasteiger partial charge is 0.302 e. The molecule has 3 rings (SSSR count). The van der Waals surface area contributed by atoms with Crippen molar-refractivity contribution >= 4 is 11.9 Å². The number of allylic oxidation sites excluding steroid dienone is 1. The Bertz CT molecular complexity index is 670. The first-order chi connectivity index (χ1) is 13.0. The van der Waals surface area contributed by atoms with Gasteiger partial charge in [0.1, 0.15) is 6.10 Å². The van der Waals surface area contributed by atoms with Gasteiger partial charge in [0.25, 0.3) is 0 Å². The van der Waals surface area contributed by atoms with Gasteiger partial charge in [0.15, 0.2) is 0 Å². The van der Waals surface area contributed by atoms with Gasteiger partial charge in [-0.25, -0.2) is 0 Å². The molecule has 6 atom stereocenters. The highest BCUT2D eigenvalue weighted by Crippen LogP contribution is 2.64. The molecular weight excluding hydrogens is 356 g/mol. The second-order valence-corrected chi connectivity index (χ2v) is 10.3. The normalized spacial score (nSPS) is 42.6. The molecule has 5 nitrogen and oxygen atoms in total. The maximum absolute atomic E-state index is 11.7. The van der Waals surface area contributed by atoms with Gasteiger partial charge in [-0.1, -0.05) is 32.4 Å². The number of hydrogen-bond acceptors (Lipinski definition) is 5. The summed E-state index contributed by atoms with van der Waals surface area (Å²) in [7, 11) is 0. The summed E-state index contributed by atoms with van der Waals surface area (Å²) in [6, 6.07) is 0. The fourth-order valence-corrected chi connectivity index (χ4v) is 6.69. The highest BCUT2D eigenvalue weighted by molar-refractivity contribution is 5.66. The molecule has 5 heteroatoms. The third-order valence-electron chi connectivity index (χ3n) is 7.80. The molecule has 28 heavy (non-hydrogen) atoms. The van der Waals surface area contributed by atoms with Crippen LogP contribution < -0.4 is 0 Å². The minimum atomic E-state index is -0.259. The van der Waals surface area contributed by atoms with Crippen molar-refractivity contribution in [1.82, 2.24) is 0 Å². The molecule has 3 aliphatic rings. The molecule has 158 valence electrons. The van der Waals surface area contributed by atoms with Crippen LogP contribution in [0.5, 0.6) is 0 Å². The molecule has 1 N–H and O–H groups in total. The maximum Gasteiger partial charge on any atom is 0.302 e. The molecule has 0 saturated heterocycles. The van der Waals surface area contributed by atoms with Crippen LogP contribution in [0.2, 0.25) is 0 Å². The molecule has 2 fully saturated rings. The standard InChI is InChI=1S/C23H36O5/c1-15(25)27-14-22(4)11-18(28-16(2)26)12-23(5)19-8-9-21(3,13-24)10-17(19)6-7-20(22)23/h10,18-20,24H,6-9,11-14H2,1-5H3/t18-,19-,20-,21+,22+,23+/m1/s1. The Morgan fingerprint density at radius 1 is 1.14 bits per heavy atom. The minimum Gasteiger partial charge on any atom is -0.465 e. The van der Waals surface area contributed by atoms with Crippen molar-refractivity contribution in [1.29, 1.82) is 0 Å². The zero-order valence-electron chi connectivity index (χ0n) is 18.0. The second kappa shape index (κ2) is 7.47. The van der Waals surface area contributed by atoms with Crippen molar-refractivity contribution in [2.75, 3.05) is 13.2 Å². The highest BCUT2D eigenvalue weighted by atomic mass is 16.5. The summed E-state index contributed by atoms with van der Waals surface area (Å²) >= 11 is 0. The lowest BCUT2D eigenvalue weighted by atomic mass is 9.45. The van der Waals surface area contributed by atoms with E-state index < -0.39 is 0 Å². The number of ether oxygens (including phenoxy) is 2. The van der Waals surface area contributed by atoms with E-state index in [1.54, 1.807) is 0 Å². The van der Waals surface area contributed by atoms with Crippen molar-refractivity contribution in [3.63, 3.8) is 0 Å². The predicted molar refractivity (Wildman–Crippen MR) is 106 cm³/mol. The van der Waals surface area contributed by atoms with E-state index in [9.17, 15) is 14.7 Å². The number of fused-ring (bicyclic) bond motifs is 3. The lowest BCUT2D eigenvalue weighted by Crippen LogP contribution is -2.57. The Morgan fingerprint density at radius 2 is 1.86 bits per heavy atom. The first-order valence-corrected chi connectivity index (χ1v) is 10.6. The molecule has 0 heterocycles.